The fourth-order valence-corrected chi connectivity index (χ4v) is 2.67. The Labute approximate surface area is 125 Å². The number of hydrogen-bond donors (Lipinski definition) is 1. The van der Waals surface area contributed by atoms with Crippen molar-refractivity contribution in [3.05, 3.63) is 0 Å². The number of urea groups is 1. The summed E-state index contributed by atoms with van der Waals surface area (Å²) < 4.78 is 37.6. The second-order valence-electron chi connectivity index (χ2n) is 5.47. The summed E-state index contributed by atoms with van der Waals surface area (Å²) in [6.07, 6.45) is -4.02. The Morgan fingerprint density at radius 3 is 2.18 bits per heavy atom. The van der Waals surface area contributed by atoms with Crippen molar-refractivity contribution in [2.75, 3.05) is 26.2 Å². The van der Waals surface area contributed by atoms with Gasteiger partial charge in [-0.05, 0) is 12.8 Å². The van der Waals surface area contributed by atoms with E-state index in [9.17, 15) is 27.6 Å². The minimum Gasteiger partial charge on any atom is -0.336 e. The largest absolute Gasteiger partial charge is 0.391 e. The number of carbonyl (C=O) groups is 3. The number of nitrogens with zero attached hydrogens (tertiary/aromatic N) is 2. The van der Waals surface area contributed by atoms with Gasteiger partial charge in [-0.1, -0.05) is 0 Å². The first kappa shape index (κ1) is 16.6. The van der Waals surface area contributed by atoms with E-state index >= 15 is 0 Å². The molecule has 4 amide bonds. The van der Waals surface area contributed by atoms with Gasteiger partial charge in [-0.15, -0.1) is 0 Å². The van der Waals surface area contributed by atoms with Crippen molar-refractivity contribution in [1.29, 1.82) is 0 Å². The van der Waals surface area contributed by atoms with Crippen LogP contribution in [0.5, 0.6) is 0 Å². The van der Waals surface area contributed by atoms with E-state index in [1.165, 1.54) is 4.90 Å². The number of amides is 4. The maximum atomic E-state index is 12.5. The zero-order valence-corrected chi connectivity index (χ0v) is 12.0. The van der Waals surface area contributed by atoms with Gasteiger partial charge in [0, 0.05) is 39.0 Å². The van der Waals surface area contributed by atoms with E-state index in [1.807, 2.05) is 0 Å². The molecule has 0 aromatic heterocycles. The van der Waals surface area contributed by atoms with Crippen molar-refractivity contribution in [3.63, 3.8) is 0 Å². The van der Waals surface area contributed by atoms with Crippen molar-refractivity contribution in [2.24, 2.45) is 5.92 Å². The topological polar surface area (TPSA) is 69.7 Å². The Kier molecular flexibility index (Phi) is 4.92. The summed E-state index contributed by atoms with van der Waals surface area (Å²) in [7, 11) is 0. The summed E-state index contributed by atoms with van der Waals surface area (Å²) in [5, 5.41) is 2.53. The summed E-state index contributed by atoms with van der Waals surface area (Å²) in [6.45, 7) is 0.313. The Hall–Kier alpha value is -1.80. The molecule has 0 aromatic carbocycles. The second kappa shape index (κ2) is 6.53. The van der Waals surface area contributed by atoms with Gasteiger partial charge < -0.3 is 10.2 Å². The molecule has 22 heavy (non-hydrogen) atoms. The molecule has 0 atom stereocenters. The maximum absolute atomic E-state index is 12.5. The number of carbonyl (C=O) groups excluding carboxylic acids is 3. The van der Waals surface area contributed by atoms with E-state index in [0.29, 0.717) is 0 Å². The number of piperidine rings is 1. The third kappa shape index (κ3) is 3.89. The van der Waals surface area contributed by atoms with Gasteiger partial charge >= 0.3 is 12.2 Å². The van der Waals surface area contributed by atoms with Crippen molar-refractivity contribution < 1.29 is 27.6 Å². The smallest absolute Gasteiger partial charge is 0.336 e. The van der Waals surface area contributed by atoms with E-state index < -0.39 is 18.1 Å². The zero-order valence-electron chi connectivity index (χ0n) is 12.0. The predicted octanol–water partition coefficient (Wildman–Crippen LogP) is 1.12. The molecule has 0 aromatic rings. The van der Waals surface area contributed by atoms with Crippen LogP contribution in [0, 0.1) is 5.92 Å². The van der Waals surface area contributed by atoms with E-state index in [2.05, 4.69) is 5.32 Å². The number of likely N-dealkylation sites (tertiary alicyclic amines) is 2. The van der Waals surface area contributed by atoms with Gasteiger partial charge in [-0.3, -0.25) is 14.5 Å². The summed E-state index contributed by atoms with van der Waals surface area (Å²) in [6, 6.07) is -0.459. The summed E-state index contributed by atoms with van der Waals surface area (Å²) in [5.41, 5.74) is 0. The van der Waals surface area contributed by atoms with Gasteiger partial charge in [0.2, 0.25) is 11.8 Å². The van der Waals surface area contributed by atoms with Crippen molar-refractivity contribution in [1.82, 2.24) is 15.1 Å². The molecule has 2 fully saturated rings. The lowest BCUT2D eigenvalue weighted by Gasteiger charge is -2.33. The molecule has 2 saturated heterocycles. The molecular formula is C13H18F3N3O3. The van der Waals surface area contributed by atoms with Gasteiger partial charge in [0.25, 0.3) is 0 Å². The molecule has 6 nitrogen and oxygen atoms in total. The standard InChI is InChI=1S/C13H18F3N3O3/c14-13(15,16)9-3-6-18(7-4-9)12(22)17-5-8-19-10(20)1-2-11(19)21/h9H,1-8H2,(H,17,22). The van der Waals surface area contributed by atoms with Crippen LogP contribution >= 0.6 is 0 Å². The molecule has 0 radical (unpaired) electrons. The van der Waals surface area contributed by atoms with Gasteiger partial charge in [0.1, 0.15) is 0 Å². The van der Waals surface area contributed by atoms with E-state index in [4.69, 9.17) is 0 Å². The van der Waals surface area contributed by atoms with Crippen LogP contribution in [0.3, 0.4) is 0 Å². The quantitative estimate of drug-likeness (QED) is 0.792. The molecule has 2 heterocycles. The molecular weight excluding hydrogens is 303 g/mol. The molecule has 2 rings (SSSR count). The highest BCUT2D eigenvalue weighted by molar-refractivity contribution is 6.01. The highest BCUT2D eigenvalue weighted by Crippen LogP contribution is 2.33. The Morgan fingerprint density at radius 2 is 1.68 bits per heavy atom. The van der Waals surface area contributed by atoms with Crippen molar-refractivity contribution in [2.45, 2.75) is 31.9 Å². The first-order valence-corrected chi connectivity index (χ1v) is 7.21. The second-order valence-corrected chi connectivity index (χ2v) is 5.47. The van der Waals surface area contributed by atoms with Crippen LogP contribution in [0.15, 0.2) is 0 Å². The van der Waals surface area contributed by atoms with Gasteiger partial charge in [0.15, 0.2) is 0 Å². The van der Waals surface area contributed by atoms with Crippen LogP contribution < -0.4 is 5.32 Å². The first-order valence-electron chi connectivity index (χ1n) is 7.21. The third-order valence-corrected chi connectivity index (χ3v) is 4.01. The summed E-state index contributed by atoms with van der Waals surface area (Å²) in [4.78, 5) is 37.0. The average Bonchev–Trinajstić information content (AvgIpc) is 2.78. The normalized spacial score (nSPS) is 20.7. The summed E-state index contributed by atoms with van der Waals surface area (Å²) in [5.74, 6) is -1.87. The van der Waals surface area contributed by atoms with Gasteiger partial charge in [-0.25, -0.2) is 4.79 Å². The fraction of sp³-hybridized carbons (Fsp3) is 0.769. The van der Waals surface area contributed by atoms with Crippen molar-refractivity contribution in [3.8, 4) is 0 Å². The van der Waals surface area contributed by atoms with Crippen LogP contribution in [-0.4, -0.2) is 60.0 Å². The molecule has 9 heteroatoms. The van der Waals surface area contributed by atoms with Crippen LogP contribution in [0.4, 0.5) is 18.0 Å². The first-order chi connectivity index (χ1) is 10.3. The van der Waals surface area contributed by atoms with Crippen LogP contribution in [0.25, 0.3) is 0 Å². The number of nitrogens with one attached hydrogen (secondary N) is 1. The minimum atomic E-state index is -4.21. The highest BCUT2D eigenvalue weighted by Gasteiger charge is 2.41. The predicted molar refractivity (Wildman–Crippen MR) is 69.7 cm³/mol. The van der Waals surface area contributed by atoms with E-state index in [1.54, 1.807) is 0 Å². The lowest BCUT2D eigenvalue weighted by Crippen LogP contribution is -2.48. The molecule has 124 valence electrons. The monoisotopic (exact) mass is 321 g/mol. The molecule has 0 spiro atoms. The highest BCUT2D eigenvalue weighted by atomic mass is 19.4. The molecule has 0 unspecified atom stereocenters. The van der Waals surface area contributed by atoms with Gasteiger partial charge in [-0.2, -0.15) is 13.2 Å². The average molecular weight is 321 g/mol. The molecule has 0 aliphatic carbocycles. The summed E-state index contributed by atoms with van der Waals surface area (Å²) >= 11 is 0. The molecule has 0 saturated carbocycles. The van der Waals surface area contributed by atoms with Crippen molar-refractivity contribution >= 4 is 17.8 Å². The number of imide groups is 1. The molecule has 2 aliphatic heterocycles. The Bertz CT molecular complexity index is 443. The maximum Gasteiger partial charge on any atom is 0.391 e. The molecule has 0 bridgehead atoms. The number of halogens is 3. The zero-order chi connectivity index (χ0) is 16.3. The number of rotatable bonds is 3. The Morgan fingerprint density at radius 1 is 1.14 bits per heavy atom. The lowest BCUT2D eigenvalue weighted by molar-refractivity contribution is -0.183. The van der Waals surface area contributed by atoms with Crippen LogP contribution in [0.2, 0.25) is 0 Å². The fourth-order valence-electron chi connectivity index (χ4n) is 2.67. The third-order valence-electron chi connectivity index (χ3n) is 4.01. The number of alkyl halides is 3. The number of hydrogen-bond acceptors (Lipinski definition) is 3. The Balaban J connectivity index is 1.70. The molecule has 2 aliphatic rings. The van der Waals surface area contributed by atoms with Crippen LogP contribution in [0.1, 0.15) is 25.7 Å². The minimum absolute atomic E-state index is 0.0532. The van der Waals surface area contributed by atoms with Crippen LogP contribution in [-0.2, 0) is 9.59 Å². The van der Waals surface area contributed by atoms with E-state index in [0.717, 1.165) is 4.90 Å². The SMILES string of the molecule is O=C(NCCN1C(=O)CCC1=O)N1CCC(C(F)(F)F)CC1. The van der Waals surface area contributed by atoms with Gasteiger partial charge in [0.05, 0.1) is 5.92 Å². The lowest BCUT2D eigenvalue weighted by atomic mass is 9.96. The molecule has 1 N–H and O–H groups in total. The van der Waals surface area contributed by atoms with E-state index in [-0.39, 0.29) is 63.7 Å².